The van der Waals surface area contributed by atoms with E-state index >= 15 is 0 Å². The minimum atomic E-state index is -0.353. The number of ether oxygens (including phenoxy) is 2. The third-order valence-electron chi connectivity index (χ3n) is 3.02. The van der Waals surface area contributed by atoms with E-state index in [0.717, 1.165) is 44.2 Å². The van der Waals surface area contributed by atoms with Gasteiger partial charge in [0, 0.05) is 26.3 Å². The fourth-order valence-electron chi connectivity index (χ4n) is 1.95. The van der Waals surface area contributed by atoms with Crippen LogP contribution < -0.4 is 15.4 Å². The molecular weight excluding hydrogens is 424 g/mol. The molecule has 138 valence electrons. The Labute approximate surface area is 161 Å². The van der Waals surface area contributed by atoms with E-state index in [0.29, 0.717) is 13.2 Å². The number of guanidine groups is 1. The average Bonchev–Trinajstić information content (AvgIpc) is 2.54. The summed E-state index contributed by atoms with van der Waals surface area (Å²) in [5, 5.41) is 6.41. The molecule has 0 aromatic heterocycles. The SMILES string of the molecule is CCNC(=NCc1ccc(OCC)c(F)c1)NCCCOCC.I. The third-order valence-corrected chi connectivity index (χ3v) is 3.02. The van der Waals surface area contributed by atoms with Crippen molar-refractivity contribution in [3.8, 4) is 5.75 Å². The highest BCUT2D eigenvalue weighted by Gasteiger charge is 2.04. The van der Waals surface area contributed by atoms with Crippen LogP contribution in [0.2, 0.25) is 0 Å². The predicted octanol–water partition coefficient (Wildman–Crippen LogP) is 3.32. The Balaban J connectivity index is 0.00000529. The second kappa shape index (κ2) is 14.3. The zero-order valence-electron chi connectivity index (χ0n) is 14.7. The van der Waals surface area contributed by atoms with Gasteiger partial charge in [0.25, 0.3) is 0 Å². The number of rotatable bonds is 10. The molecule has 2 N–H and O–H groups in total. The fourth-order valence-corrected chi connectivity index (χ4v) is 1.95. The van der Waals surface area contributed by atoms with E-state index in [1.165, 1.54) is 6.07 Å². The van der Waals surface area contributed by atoms with Gasteiger partial charge in [-0.05, 0) is 44.9 Å². The molecule has 0 aliphatic heterocycles. The second-order valence-corrected chi connectivity index (χ2v) is 4.87. The van der Waals surface area contributed by atoms with Gasteiger partial charge in [0.15, 0.2) is 17.5 Å². The van der Waals surface area contributed by atoms with Crippen molar-refractivity contribution in [2.75, 3.05) is 32.9 Å². The molecule has 7 heteroatoms. The van der Waals surface area contributed by atoms with Crippen molar-refractivity contribution in [2.24, 2.45) is 4.99 Å². The maximum atomic E-state index is 13.8. The van der Waals surface area contributed by atoms with Gasteiger partial charge in [-0.3, -0.25) is 0 Å². The average molecular weight is 453 g/mol. The van der Waals surface area contributed by atoms with Crippen molar-refractivity contribution in [3.05, 3.63) is 29.6 Å². The Kier molecular flexibility index (Phi) is 13.6. The van der Waals surface area contributed by atoms with Crippen LogP contribution >= 0.6 is 24.0 Å². The number of aliphatic imine (C=N–C) groups is 1. The summed E-state index contributed by atoms with van der Waals surface area (Å²) in [6.45, 7) is 9.69. The topological polar surface area (TPSA) is 54.9 Å². The van der Waals surface area contributed by atoms with Crippen molar-refractivity contribution in [1.82, 2.24) is 10.6 Å². The van der Waals surface area contributed by atoms with Crippen LogP contribution in [0, 0.1) is 5.82 Å². The van der Waals surface area contributed by atoms with Crippen LogP contribution in [0.4, 0.5) is 4.39 Å². The van der Waals surface area contributed by atoms with Crippen LogP contribution in [0.25, 0.3) is 0 Å². The fraction of sp³-hybridized carbons (Fsp3) is 0.588. The van der Waals surface area contributed by atoms with Crippen molar-refractivity contribution in [2.45, 2.75) is 33.7 Å². The molecule has 0 saturated carbocycles. The van der Waals surface area contributed by atoms with Gasteiger partial charge in [0.2, 0.25) is 0 Å². The summed E-state index contributed by atoms with van der Waals surface area (Å²) in [6, 6.07) is 4.94. The van der Waals surface area contributed by atoms with Crippen molar-refractivity contribution in [3.63, 3.8) is 0 Å². The zero-order valence-corrected chi connectivity index (χ0v) is 17.1. The summed E-state index contributed by atoms with van der Waals surface area (Å²) in [4.78, 5) is 4.46. The smallest absolute Gasteiger partial charge is 0.191 e. The first-order valence-electron chi connectivity index (χ1n) is 8.22. The van der Waals surface area contributed by atoms with Gasteiger partial charge in [0.1, 0.15) is 0 Å². The zero-order chi connectivity index (χ0) is 16.9. The number of hydrogen-bond donors (Lipinski definition) is 2. The lowest BCUT2D eigenvalue weighted by Gasteiger charge is -2.11. The molecule has 0 atom stereocenters. The molecule has 1 rings (SSSR count). The van der Waals surface area contributed by atoms with E-state index < -0.39 is 0 Å². The van der Waals surface area contributed by atoms with Gasteiger partial charge in [-0.15, -0.1) is 24.0 Å². The second-order valence-electron chi connectivity index (χ2n) is 4.87. The molecule has 0 bridgehead atoms. The van der Waals surface area contributed by atoms with Crippen LogP contribution in [-0.2, 0) is 11.3 Å². The third kappa shape index (κ3) is 9.27. The predicted molar refractivity (Wildman–Crippen MR) is 107 cm³/mol. The Morgan fingerprint density at radius 1 is 1.17 bits per heavy atom. The molecule has 5 nitrogen and oxygen atoms in total. The van der Waals surface area contributed by atoms with E-state index in [2.05, 4.69) is 15.6 Å². The number of halogens is 2. The van der Waals surface area contributed by atoms with Crippen molar-refractivity contribution >= 4 is 29.9 Å². The van der Waals surface area contributed by atoms with Crippen LogP contribution in [-0.4, -0.2) is 38.9 Å². The molecule has 0 amide bonds. The molecule has 0 spiro atoms. The molecule has 0 heterocycles. The van der Waals surface area contributed by atoms with Crippen molar-refractivity contribution < 1.29 is 13.9 Å². The monoisotopic (exact) mass is 453 g/mol. The van der Waals surface area contributed by atoms with E-state index in [9.17, 15) is 4.39 Å². The Bertz CT molecular complexity index is 487. The summed E-state index contributed by atoms with van der Waals surface area (Å²) >= 11 is 0. The molecule has 0 aliphatic carbocycles. The summed E-state index contributed by atoms with van der Waals surface area (Å²) in [6.07, 6.45) is 0.913. The molecule has 0 unspecified atom stereocenters. The van der Waals surface area contributed by atoms with Gasteiger partial charge in [0.05, 0.1) is 13.2 Å². The Morgan fingerprint density at radius 2 is 1.96 bits per heavy atom. The van der Waals surface area contributed by atoms with E-state index in [4.69, 9.17) is 9.47 Å². The van der Waals surface area contributed by atoms with Gasteiger partial charge < -0.3 is 20.1 Å². The quantitative estimate of drug-likeness (QED) is 0.247. The lowest BCUT2D eigenvalue weighted by molar-refractivity contribution is 0.145. The van der Waals surface area contributed by atoms with Crippen LogP contribution in [0.3, 0.4) is 0 Å². The Hall–Kier alpha value is -1.09. The van der Waals surface area contributed by atoms with Crippen LogP contribution in [0.1, 0.15) is 32.8 Å². The standard InChI is InChI=1S/C17H28FN3O2.HI/c1-4-19-17(20-10-7-11-22-5-2)21-13-14-8-9-16(23-6-3)15(18)12-14;/h8-9,12H,4-7,10-11,13H2,1-3H3,(H2,19,20,21);1H. The molecule has 0 radical (unpaired) electrons. The summed E-state index contributed by atoms with van der Waals surface area (Å²) < 4.78 is 24.3. The number of hydrogen-bond acceptors (Lipinski definition) is 3. The molecule has 0 fully saturated rings. The lowest BCUT2D eigenvalue weighted by atomic mass is 10.2. The van der Waals surface area contributed by atoms with Crippen molar-refractivity contribution in [1.29, 1.82) is 0 Å². The lowest BCUT2D eigenvalue weighted by Crippen LogP contribution is -2.38. The molecule has 0 saturated heterocycles. The Morgan fingerprint density at radius 3 is 2.58 bits per heavy atom. The van der Waals surface area contributed by atoms with Gasteiger partial charge in [-0.25, -0.2) is 9.38 Å². The first-order valence-corrected chi connectivity index (χ1v) is 8.22. The summed E-state index contributed by atoms with van der Waals surface area (Å²) in [5.74, 6) is 0.647. The van der Waals surface area contributed by atoms with Crippen LogP contribution in [0.5, 0.6) is 5.75 Å². The highest BCUT2D eigenvalue weighted by Crippen LogP contribution is 2.18. The van der Waals surface area contributed by atoms with E-state index in [-0.39, 0.29) is 35.5 Å². The van der Waals surface area contributed by atoms with Gasteiger partial charge in [-0.2, -0.15) is 0 Å². The van der Waals surface area contributed by atoms with E-state index in [1.54, 1.807) is 6.07 Å². The molecular formula is C17H29FIN3O2. The summed E-state index contributed by atoms with van der Waals surface area (Å²) in [7, 11) is 0. The summed E-state index contributed by atoms with van der Waals surface area (Å²) in [5.41, 5.74) is 0.803. The highest BCUT2D eigenvalue weighted by atomic mass is 127. The normalized spacial score (nSPS) is 10.9. The van der Waals surface area contributed by atoms with Crippen LogP contribution in [0.15, 0.2) is 23.2 Å². The minimum Gasteiger partial charge on any atom is -0.491 e. The largest absolute Gasteiger partial charge is 0.491 e. The number of nitrogens with one attached hydrogen (secondary N) is 2. The number of benzene rings is 1. The molecule has 1 aromatic rings. The first-order chi connectivity index (χ1) is 11.2. The van der Waals surface area contributed by atoms with Gasteiger partial charge in [-0.1, -0.05) is 6.07 Å². The molecule has 24 heavy (non-hydrogen) atoms. The maximum Gasteiger partial charge on any atom is 0.191 e. The van der Waals surface area contributed by atoms with Gasteiger partial charge >= 0.3 is 0 Å². The molecule has 0 aliphatic rings. The molecule has 1 aromatic carbocycles. The minimum absolute atomic E-state index is 0. The maximum absolute atomic E-state index is 13.8. The number of nitrogens with zero attached hydrogens (tertiary/aromatic N) is 1. The first kappa shape index (κ1) is 22.9. The van der Waals surface area contributed by atoms with E-state index in [1.807, 2.05) is 26.8 Å². The highest BCUT2D eigenvalue weighted by molar-refractivity contribution is 14.0.